The average Bonchev–Trinajstić information content (AvgIpc) is 3.12. The highest BCUT2D eigenvalue weighted by Gasteiger charge is 2.21. The summed E-state index contributed by atoms with van der Waals surface area (Å²) in [5, 5.41) is 8.55. The Morgan fingerprint density at radius 2 is 1.61 bits per heavy atom. The molecule has 4 amide bonds. The smallest absolute Gasteiger partial charge is 0.407 e. The molecule has 14 nitrogen and oxygen atoms in total. The molecule has 14 heteroatoms. The molecular formula is C40H53N5O9. The third-order valence-electron chi connectivity index (χ3n) is 7.97. The molecule has 0 aliphatic heterocycles. The van der Waals surface area contributed by atoms with Crippen LogP contribution in [0.1, 0.15) is 79.2 Å². The van der Waals surface area contributed by atoms with Gasteiger partial charge in [-0.3, -0.25) is 14.4 Å². The summed E-state index contributed by atoms with van der Waals surface area (Å²) in [5.41, 5.74) is 7.07. The molecule has 0 saturated heterocycles. The van der Waals surface area contributed by atoms with Gasteiger partial charge >= 0.3 is 6.09 Å². The summed E-state index contributed by atoms with van der Waals surface area (Å²) in [5.74, 6) is 0.00379. The van der Waals surface area contributed by atoms with Gasteiger partial charge in [0.05, 0.1) is 43.3 Å². The van der Waals surface area contributed by atoms with E-state index < -0.39 is 23.5 Å². The molecule has 0 aromatic heterocycles. The predicted octanol–water partition coefficient (Wildman–Crippen LogP) is 5.41. The van der Waals surface area contributed by atoms with Crippen LogP contribution >= 0.6 is 0 Å². The highest BCUT2D eigenvalue weighted by Crippen LogP contribution is 2.32. The quantitative estimate of drug-likeness (QED) is 0.0811. The Kier molecular flexibility index (Phi) is 16.8. The Morgan fingerprint density at radius 3 is 2.31 bits per heavy atom. The second-order valence-corrected chi connectivity index (χ2v) is 13.6. The fraction of sp³-hybridized carbons (Fsp3) is 0.425. The van der Waals surface area contributed by atoms with E-state index in [1.165, 1.54) is 12.0 Å². The van der Waals surface area contributed by atoms with Crippen molar-refractivity contribution in [1.82, 2.24) is 10.6 Å². The van der Waals surface area contributed by atoms with Gasteiger partial charge in [-0.05, 0) is 101 Å². The number of methoxy groups -OCH3 is 1. The van der Waals surface area contributed by atoms with Crippen LogP contribution in [0, 0.1) is 6.92 Å². The number of hydrogen-bond acceptors (Lipinski definition) is 10. The van der Waals surface area contributed by atoms with Crippen LogP contribution in [0.4, 0.5) is 16.2 Å². The normalized spacial score (nSPS) is 11.5. The van der Waals surface area contributed by atoms with Gasteiger partial charge in [-0.2, -0.15) is 0 Å². The summed E-state index contributed by atoms with van der Waals surface area (Å²) in [7, 11) is 3.10. The Hall–Kier alpha value is -5.63. The number of alkyl carbamates (subject to hydrolysis) is 1. The second-order valence-electron chi connectivity index (χ2n) is 13.6. The van der Waals surface area contributed by atoms with Crippen LogP contribution < -0.4 is 40.8 Å². The average molecular weight is 748 g/mol. The van der Waals surface area contributed by atoms with Gasteiger partial charge in [-0.15, -0.1) is 0 Å². The lowest BCUT2D eigenvalue weighted by Crippen LogP contribution is -2.33. The van der Waals surface area contributed by atoms with Gasteiger partial charge in [-0.25, -0.2) is 4.79 Å². The number of nitrogens with zero attached hydrogens (tertiary/aromatic N) is 1. The number of primary amides is 1. The van der Waals surface area contributed by atoms with Gasteiger partial charge in [0.1, 0.15) is 29.1 Å². The number of aldehydes is 1. The van der Waals surface area contributed by atoms with Crippen molar-refractivity contribution in [2.24, 2.45) is 5.73 Å². The maximum absolute atomic E-state index is 13.7. The molecule has 5 N–H and O–H groups in total. The SMILES string of the molecule is COc1cc(C(=O)N(C)c2ccc(C)cc2OCCCCC(C=O)NCCC(N)=O)ccc1NC(=O)c1ccccc1OCCCNC(=O)OC(C)(C)C. The first-order valence-electron chi connectivity index (χ1n) is 17.9. The van der Waals surface area contributed by atoms with Gasteiger partial charge in [0.15, 0.2) is 0 Å². The second kappa shape index (κ2) is 21.2. The molecule has 1 unspecified atom stereocenters. The van der Waals surface area contributed by atoms with Crippen LogP contribution in [0.25, 0.3) is 0 Å². The fourth-order valence-electron chi connectivity index (χ4n) is 5.22. The van der Waals surface area contributed by atoms with Crippen LogP contribution in [-0.4, -0.2) is 82.2 Å². The van der Waals surface area contributed by atoms with Crippen molar-refractivity contribution in [2.75, 3.05) is 50.7 Å². The molecule has 0 bridgehead atoms. The van der Waals surface area contributed by atoms with Gasteiger partial charge < -0.3 is 50.3 Å². The van der Waals surface area contributed by atoms with E-state index in [1.54, 1.807) is 70.3 Å². The summed E-state index contributed by atoms with van der Waals surface area (Å²) in [6.07, 6.45) is 2.93. The number of benzene rings is 3. The van der Waals surface area contributed by atoms with E-state index in [1.807, 2.05) is 25.1 Å². The predicted molar refractivity (Wildman–Crippen MR) is 207 cm³/mol. The summed E-state index contributed by atoms with van der Waals surface area (Å²) >= 11 is 0. The van der Waals surface area contributed by atoms with Gasteiger partial charge in [0, 0.05) is 32.1 Å². The molecule has 3 aromatic rings. The number of aryl methyl sites for hydroxylation is 1. The minimum atomic E-state index is -0.592. The number of carbonyl (C=O) groups is 5. The van der Waals surface area contributed by atoms with Crippen molar-refractivity contribution in [3.8, 4) is 17.2 Å². The van der Waals surface area contributed by atoms with Crippen molar-refractivity contribution >= 4 is 41.5 Å². The van der Waals surface area contributed by atoms with Crippen molar-refractivity contribution in [3.05, 3.63) is 77.4 Å². The number of rotatable bonds is 21. The number of carbonyl (C=O) groups excluding carboxylic acids is 5. The van der Waals surface area contributed by atoms with Crippen LogP contribution in [0.3, 0.4) is 0 Å². The van der Waals surface area contributed by atoms with E-state index in [2.05, 4.69) is 16.0 Å². The molecule has 3 aromatic carbocycles. The number of nitrogens with one attached hydrogen (secondary N) is 3. The zero-order valence-corrected chi connectivity index (χ0v) is 32.0. The lowest BCUT2D eigenvalue weighted by Gasteiger charge is -2.22. The Labute approximate surface area is 317 Å². The third-order valence-corrected chi connectivity index (χ3v) is 7.97. The number of amides is 4. The number of anilines is 2. The molecule has 0 aliphatic carbocycles. The zero-order valence-electron chi connectivity index (χ0n) is 32.0. The van der Waals surface area contributed by atoms with Crippen LogP contribution in [-0.2, 0) is 14.3 Å². The van der Waals surface area contributed by atoms with Crippen molar-refractivity contribution in [1.29, 1.82) is 0 Å². The molecule has 0 heterocycles. The van der Waals surface area contributed by atoms with Crippen LogP contribution in [0.5, 0.6) is 17.2 Å². The first-order chi connectivity index (χ1) is 25.7. The van der Waals surface area contributed by atoms with E-state index in [9.17, 15) is 24.0 Å². The van der Waals surface area contributed by atoms with Crippen molar-refractivity contribution in [3.63, 3.8) is 0 Å². The lowest BCUT2D eigenvalue weighted by atomic mass is 10.1. The number of nitrogens with two attached hydrogens (primary N) is 1. The van der Waals surface area contributed by atoms with E-state index in [0.29, 0.717) is 79.4 Å². The Balaban J connectivity index is 1.61. The standard InChI is InChI=1S/C40H53N5O9/c1-27-15-18-32(35(24-27)53-22-10-9-12-29(26-46)42-21-19-36(41)47)45(5)38(49)28-16-17-31(34(25-28)51-6)44-37(48)30-13-7-8-14-33(30)52-23-11-20-43-39(50)54-40(2,3)4/h7-8,13-18,24-26,29,42H,9-12,19-23H2,1-6H3,(H2,41,47)(H,43,50)(H,44,48). The first-order valence-corrected chi connectivity index (χ1v) is 17.9. The summed E-state index contributed by atoms with van der Waals surface area (Å²) in [4.78, 5) is 62.8. The lowest BCUT2D eigenvalue weighted by molar-refractivity contribution is -0.118. The molecule has 0 radical (unpaired) electrons. The molecule has 0 fully saturated rings. The Morgan fingerprint density at radius 1 is 0.889 bits per heavy atom. The molecule has 0 saturated carbocycles. The zero-order chi connectivity index (χ0) is 39.7. The molecule has 54 heavy (non-hydrogen) atoms. The maximum Gasteiger partial charge on any atom is 0.407 e. The van der Waals surface area contributed by atoms with Crippen LogP contribution in [0.15, 0.2) is 60.7 Å². The van der Waals surface area contributed by atoms with E-state index in [4.69, 9.17) is 24.7 Å². The largest absolute Gasteiger partial charge is 0.495 e. The number of ether oxygens (including phenoxy) is 4. The summed E-state index contributed by atoms with van der Waals surface area (Å²) in [6.45, 7) is 8.59. The number of unbranched alkanes of at least 4 members (excludes halogenated alkanes) is 1. The van der Waals surface area contributed by atoms with E-state index >= 15 is 0 Å². The summed E-state index contributed by atoms with van der Waals surface area (Å²) < 4.78 is 22.8. The van der Waals surface area contributed by atoms with E-state index in [-0.39, 0.29) is 30.7 Å². The minimum Gasteiger partial charge on any atom is -0.495 e. The van der Waals surface area contributed by atoms with E-state index in [0.717, 1.165) is 11.8 Å². The third kappa shape index (κ3) is 14.1. The fourth-order valence-corrected chi connectivity index (χ4v) is 5.22. The van der Waals surface area contributed by atoms with Crippen LogP contribution in [0.2, 0.25) is 0 Å². The van der Waals surface area contributed by atoms with Gasteiger partial charge in [0.25, 0.3) is 11.8 Å². The molecular weight excluding hydrogens is 694 g/mol. The van der Waals surface area contributed by atoms with Crippen molar-refractivity contribution < 1.29 is 42.9 Å². The van der Waals surface area contributed by atoms with Gasteiger partial charge in [0.2, 0.25) is 5.91 Å². The highest BCUT2D eigenvalue weighted by molar-refractivity contribution is 6.09. The monoisotopic (exact) mass is 747 g/mol. The first kappa shape index (κ1) is 42.8. The molecule has 292 valence electrons. The van der Waals surface area contributed by atoms with Crippen molar-refractivity contribution in [2.45, 2.75) is 71.4 Å². The molecule has 0 spiro atoms. The van der Waals surface area contributed by atoms with Gasteiger partial charge in [-0.1, -0.05) is 18.2 Å². The maximum atomic E-state index is 13.7. The highest BCUT2D eigenvalue weighted by atomic mass is 16.6. The summed E-state index contributed by atoms with van der Waals surface area (Å²) in [6, 6.07) is 16.8. The minimum absolute atomic E-state index is 0.162. The Bertz CT molecular complexity index is 1740. The molecule has 0 aliphatic rings. The number of para-hydroxylation sites is 1. The molecule has 1 atom stereocenters. The molecule has 3 rings (SSSR count). The topological polar surface area (TPSA) is 188 Å². The number of hydrogen-bond donors (Lipinski definition) is 4.